The molecular weight excluding hydrogens is 196 g/mol. The molecule has 0 radical (unpaired) electrons. The van der Waals surface area contributed by atoms with Gasteiger partial charge in [-0.15, -0.1) is 0 Å². The van der Waals surface area contributed by atoms with Crippen LogP contribution in [0.2, 0.25) is 0 Å². The molecular formula is C11H16O4. The number of aliphatic hydroxyl groups is 2. The average molecular weight is 212 g/mol. The normalized spacial score (nSPS) is 10.4. The lowest BCUT2D eigenvalue weighted by Gasteiger charge is -2.08. The fraction of sp³-hybridized carbons (Fsp3) is 0.455. The highest BCUT2D eigenvalue weighted by atomic mass is 16.5. The molecule has 0 aromatic heterocycles. The largest absolute Gasteiger partial charge is 0.494 e. The number of aliphatic hydroxyl groups excluding tert-OH is 1. The Hall–Kier alpha value is -1.26. The van der Waals surface area contributed by atoms with Crippen molar-refractivity contribution in [3.05, 3.63) is 24.3 Å². The monoisotopic (exact) mass is 212 g/mol. The van der Waals surface area contributed by atoms with Crippen LogP contribution in [0.15, 0.2) is 24.3 Å². The highest BCUT2D eigenvalue weighted by Gasteiger charge is 2.00. The van der Waals surface area contributed by atoms with Gasteiger partial charge in [0.1, 0.15) is 11.5 Å². The van der Waals surface area contributed by atoms with Crippen molar-refractivity contribution in [2.75, 3.05) is 13.2 Å². The van der Waals surface area contributed by atoms with E-state index in [9.17, 15) is 0 Å². The van der Waals surface area contributed by atoms with E-state index in [2.05, 4.69) is 0 Å². The van der Waals surface area contributed by atoms with E-state index in [1.165, 1.54) is 0 Å². The van der Waals surface area contributed by atoms with Crippen molar-refractivity contribution >= 4 is 0 Å². The molecule has 1 aromatic rings. The zero-order valence-electron chi connectivity index (χ0n) is 8.72. The van der Waals surface area contributed by atoms with Gasteiger partial charge in [-0.2, -0.15) is 0 Å². The first-order valence-electron chi connectivity index (χ1n) is 4.94. The minimum absolute atomic E-state index is 0.193. The maximum Gasteiger partial charge on any atom is 0.154 e. The van der Waals surface area contributed by atoms with Crippen LogP contribution in [0.5, 0.6) is 11.5 Å². The third kappa shape index (κ3) is 4.67. The van der Waals surface area contributed by atoms with E-state index < -0.39 is 6.29 Å². The molecule has 4 heteroatoms. The molecule has 0 atom stereocenters. The maximum absolute atomic E-state index is 8.62. The number of hydrogen-bond donors (Lipinski definition) is 2. The number of hydrogen-bond acceptors (Lipinski definition) is 4. The smallest absolute Gasteiger partial charge is 0.154 e. The summed E-state index contributed by atoms with van der Waals surface area (Å²) in [5.74, 6) is 1.42. The Morgan fingerprint density at radius 3 is 2.47 bits per heavy atom. The Morgan fingerprint density at radius 1 is 1.20 bits per heavy atom. The van der Waals surface area contributed by atoms with Gasteiger partial charge in [0, 0.05) is 12.5 Å². The third-order valence-electron chi connectivity index (χ3n) is 1.76. The first kappa shape index (κ1) is 11.8. The number of rotatable bonds is 6. The minimum atomic E-state index is -1.32. The van der Waals surface area contributed by atoms with Crippen molar-refractivity contribution in [1.29, 1.82) is 0 Å². The zero-order chi connectivity index (χ0) is 11.1. The van der Waals surface area contributed by atoms with Gasteiger partial charge in [0.15, 0.2) is 6.29 Å². The Balaban J connectivity index is 2.43. The summed E-state index contributed by atoms with van der Waals surface area (Å²) in [6, 6.07) is 7.24. The van der Waals surface area contributed by atoms with Crippen LogP contribution in [-0.2, 0) is 0 Å². The molecule has 0 unspecified atom stereocenters. The van der Waals surface area contributed by atoms with E-state index in [4.69, 9.17) is 19.7 Å². The molecule has 0 amide bonds. The first-order chi connectivity index (χ1) is 7.22. The van der Waals surface area contributed by atoms with Gasteiger partial charge in [0.2, 0.25) is 0 Å². The Morgan fingerprint density at radius 2 is 1.87 bits per heavy atom. The van der Waals surface area contributed by atoms with Crippen LogP contribution in [0.3, 0.4) is 0 Å². The molecule has 15 heavy (non-hydrogen) atoms. The highest BCUT2D eigenvalue weighted by molar-refractivity contribution is 5.32. The highest BCUT2D eigenvalue weighted by Crippen LogP contribution is 2.19. The molecule has 0 aliphatic carbocycles. The SMILES string of the molecule is CCOc1cccc(OCCC(O)O)c1. The van der Waals surface area contributed by atoms with Crippen molar-refractivity contribution in [2.45, 2.75) is 19.6 Å². The first-order valence-corrected chi connectivity index (χ1v) is 4.94. The Bertz CT molecular complexity index is 286. The zero-order valence-corrected chi connectivity index (χ0v) is 8.72. The van der Waals surface area contributed by atoms with Crippen LogP contribution < -0.4 is 9.47 Å². The molecule has 1 aromatic carbocycles. The molecule has 0 spiro atoms. The lowest BCUT2D eigenvalue weighted by molar-refractivity contribution is -0.0519. The summed E-state index contributed by atoms with van der Waals surface area (Å²) in [6.07, 6.45) is -1.13. The van der Waals surface area contributed by atoms with E-state index in [0.717, 1.165) is 5.75 Å². The van der Waals surface area contributed by atoms with Gasteiger partial charge in [0.25, 0.3) is 0 Å². The van der Waals surface area contributed by atoms with Gasteiger partial charge in [-0.05, 0) is 19.1 Å². The molecule has 0 saturated carbocycles. The summed E-state index contributed by atoms with van der Waals surface area (Å²) in [5, 5.41) is 17.2. The fourth-order valence-corrected chi connectivity index (χ4v) is 1.10. The van der Waals surface area contributed by atoms with Gasteiger partial charge in [-0.1, -0.05) is 6.07 Å². The van der Waals surface area contributed by atoms with Gasteiger partial charge < -0.3 is 19.7 Å². The summed E-state index contributed by atoms with van der Waals surface area (Å²) >= 11 is 0. The van der Waals surface area contributed by atoms with Crippen LogP contribution in [0.25, 0.3) is 0 Å². The van der Waals surface area contributed by atoms with Crippen molar-refractivity contribution in [2.24, 2.45) is 0 Å². The predicted molar refractivity (Wildman–Crippen MR) is 55.9 cm³/mol. The number of ether oxygens (including phenoxy) is 2. The number of benzene rings is 1. The molecule has 0 aliphatic rings. The van der Waals surface area contributed by atoms with Crippen LogP contribution in [0.1, 0.15) is 13.3 Å². The second-order valence-corrected chi connectivity index (χ2v) is 3.03. The van der Waals surface area contributed by atoms with Crippen molar-refractivity contribution in [1.82, 2.24) is 0 Å². The predicted octanol–water partition coefficient (Wildman–Crippen LogP) is 1.16. The van der Waals surface area contributed by atoms with Crippen LogP contribution >= 0.6 is 0 Å². The van der Waals surface area contributed by atoms with E-state index in [0.29, 0.717) is 12.4 Å². The Kier molecular flexibility index (Phi) is 4.93. The molecule has 4 nitrogen and oxygen atoms in total. The van der Waals surface area contributed by atoms with Crippen molar-refractivity contribution in [3.8, 4) is 11.5 Å². The van der Waals surface area contributed by atoms with Crippen molar-refractivity contribution < 1.29 is 19.7 Å². The summed E-state index contributed by atoms with van der Waals surface area (Å²) in [5.41, 5.74) is 0. The standard InChI is InChI=1S/C11H16O4/c1-2-14-9-4-3-5-10(8-9)15-7-6-11(12)13/h3-5,8,11-13H,2,6-7H2,1H3. The quantitative estimate of drug-likeness (QED) is 0.695. The van der Waals surface area contributed by atoms with E-state index in [-0.39, 0.29) is 13.0 Å². The second-order valence-electron chi connectivity index (χ2n) is 3.03. The van der Waals surface area contributed by atoms with Gasteiger partial charge in [-0.3, -0.25) is 0 Å². The summed E-state index contributed by atoms with van der Waals surface area (Å²) < 4.78 is 10.6. The van der Waals surface area contributed by atoms with Crippen molar-refractivity contribution in [3.63, 3.8) is 0 Å². The van der Waals surface area contributed by atoms with Crippen LogP contribution in [0.4, 0.5) is 0 Å². The van der Waals surface area contributed by atoms with Crippen LogP contribution in [0, 0.1) is 0 Å². The Labute approximate surface area is 89.1 Å². The molecule has 0 aliphatic heterocycles. The third-order valence-corrected chi connectivity index (χ3v) is 1.76. The molecule has 0 bridgehead atoms. The average Bonchev–Trinajstić information content (AvgIpc) is 2.18. The molecule has 0 fully saturated rings. The lowest BCUT2D eigenvalue weighted by Crippen LogP contribution is -2.10. The van der Waals surface area contributed by atoms with E-state index in [1.807, 2.05) is 19.1 Å². The van der Waals surface area contributed by atoms with E-state index in [1.54, 1.807) is 12.1 Å². The summed E-state index contributed by atoms with van der Waals surface area (Å²) in [6.45, 7) is 2.79. The van der Waals surface area contributed by atoms with Gasteiger partial charge >= 0.3 is 0 Å². The molecule has 0 heterocycles. The second kappa shape index (κ2) is 6.27. The molecule has 1 rings (SSSR count). The molecule has 0 saturated heterocycles. The summed E-state index contributed by atoms with van der Waals surface area (Å²) in [4.78, 5) is 0. The van der Waals surface area contributed by atoms with Gasteiger partial charge in [0.05, 0.1) is 13.2 Å². The van der Waals surface area contributed by atoms with E-state index >= 15 is 0 Å². The van der Waals surface area contributed by atoms with Gasteiger partial charge in [-0.25, -0.2) is 0 Å². The minimum Gasteiger partial charge on any atom is -0.494 e. The molecule has 84 valence electrons. The maximum atomic E-state index is 8.62. The van der Waals surface area contributed by atoms with Crippen LogP contribution in [-0.4, -0.2) is 29.7 Å². The lowest BCUT2D eigenvalue weighted by atomic mass is 10.3. The fourth-order valence-electron chi connectivity index (χ4n) is 1.10. The summed E-state index contributed by atoms with van der Waals surface area (Å²) in [7, 11) is 0. The molecule has 2 N–H and O–H groups in total. The topological polar surface area (TPSA) is 58.9 Å².